The molecule has 0 saturated carbocycles. The predicted molar refractivity (Wildman–Crippen MR) is 110 cm³/mol. The Labute approximate surface area is 167 Å². The van der Waals surface area contributed by atoms with E-state index < -0.39 is 5.56 Å². The maximum Gasteiger partial charge on any atom is 0.274 e. The van der Waals surface area contributed by atoms with Crippen LogP contribution in [0.15, 0.2) is 41.2 Å². The molecule has 2 aromatic heterocycles. The van der Waals surface area contributed by atoms with Crippen LogP contribution < -0.4 is 10.5 Å². The van der Waals surface area contributed by atoms with Crippen molar-refractivity contribution in [1.82, 2.24) is 19.5 Å². The summed E-state index contributed by atoms with van der Waals surface area (Å²) in [4.78, 5) is 33.4. The van der Waals surface area contributed by atoms with Crippen molar-refractivity contribution in [3.05, 3.63) is 58.0 Å². The number of nitrogens with zero attached hydrogens (tertiary/aromatic N) is 5. The number of rotatable bonds is 4. The van der Waals surface area contributed by atoms with Gasteiger partial charge in [0.1, 0.15) is 5.69 Å². The maximum absolute atomic E-state index is 13.0. The molecular formula is C20H23N5O2S. The number of fused-ring (bicyclic) bond motifs is 1. The van der Waals surface area contributed by atoms with Gasteiger partial charge in [-0.25, -0.2) is 0 Å². The van der Waals surface area contributed by atoms with Crippen molar-refractivity contribution in [3.63, 3.8) is 0 Å². The van der Waals surface area contributed by atoms with Crippen LogP contribution in [0.25, 0.3) is 4.96 Å². The first-order valence-electron chi connectivity index (χ1n) is 9.46. The molecule has 3 aromatic rings. The lowest BCUT2D eigenvalue weighted by atomic mass is 10.00. The SMILES string of the molecule is CC1CCN(c2nn3c(C(=O)N(C)Cc4ccccc4)cc(=O)nc3s2)CC1. The fourth-order valence-electron chi connectivity index (χ4n) is 3.41. The van der Waals surface area contributed by atoms with Gasteiger partial charge in [-0.15, -0.1) is 5.10 Å². The van der Waals surface area contributed by atoms with Crippen molar-refractivity contribution < 1.29 is 4.79 Å². The third-order valence-electron chi connectivity index (χ3n) is 5.13. The van der Waals surface area contributed by atoms with Crippen molar-refractivity contribution in [2.45, 2.75) is 26.3 Å². The number of aromatic nitrogens is 3. The van der Waals surface area contributed by atoms with E-state index in [1.54, 1.807) is 11.9 Å². The van der Waals surface area contributed by atoms with Gasteiger partial charge in [0.2, 0.25) is 10.1 Å². The van der Waals surface area contributed by atoms with Gasteiger partial charge < -0.3 is 9.80 Å². The Balaban J connectivity index is 1.64. The average Bonchev–Trinajstić information content (AvgIpc) is 3.12. The second-order valence-electron chi connectivity index (χ2n) is 7.38. The molecule has 0 bridgehead atoms. The summed E-state index contributed by atoms with van der Waals surface area (Å²) in [6.07, 6.45) is 2.23. The normalized spacial score (nSPS) is 15.1. The topological polar surface area (TPSA) is 70.8 Å². The smallest absolute Gasteiger partial charge is 0.274 e. The molecule has 1 aliphatic heterocycles. The highest BCUT2D eigenvalue weighted by Crippen LogP contribution is 2.27. The fourth-order valence-corrected chi connectivity index (χ4v) is 4.37. The monoisotopic (exact) mass is 397 g/mol. The third-order valence-corrected chi connectivity index (χ3v) is 6.10. The Hall–Kier alpha value is -2.74. The minimum atomic E-state index is -0.418. The Kier molecular flexibility index (Phi) is 5.13. The summed E-state index contributed by atoms with van der Waals surface area (Å²) in [7, 11) is 1.73. The molecule has 0 N–H and O–H groups in total. The zero-order valence-corrected chi connectivity index (χ0v) is 16.9. The molecule has 28 heavy (non-hydrogen) atoms. The van der Waals surface area contributed by atoms with E-state index >= 15 is 0 Å². The first-order chi connectivity index (χ1) is 13.5. The second kappa shape index (κ2) is 7.71. The quantitative estimate of drug-likeness (QED) is 0.677. The van der Waals surface area contributed by atoms with E-state index in [1.165, 1.54) is 21.9 Å². The first kappa shape index (κ1) is 18.6. The van der Waals surface area contributed by atoms with Crippen molar-refractivity contribution in [2.24, 2.45) is 5.92 Å². The van der Waals surface area contributed by atoms with Crippen molar-refractivity contribution in [3.8, 4) is 0 Å². The molecule has 0 aliphatic carbocycles. The third kappa shape index (κ3) is 3.77. The molecule has 0 unspecified atom stereocenters. The first-order valence-corrected chi connectivity index (χ1v) is 10.3. The van der Waals surface area contributed by atoms with Crippen LogP contribution in [-0.4, -0.2) is 45.5 Å². The summed E-state index contributed by atoms with van der Waals surface area (Å²) in [6.45, 7) is 4.58. The Morgan fingerprint density at radius 2 is 1.96 bits per heavy atom. The Bertz CT molecular complexity index is 1040. The molecule has 146 valence electrons. The molecule has 0 atom stereocenters. The minimum Gasteiger partial charge on any atom is -0.347 e. The summed E-state index contributed by atoms with van der Waals surface area (Å²) >= 11 is 1.36. The number of piperidine rings is 1. The van der Waals surface area contributed by atoms with Gasteiger partial charge in [-0.3, -0.25) is 9.59 Å². The van der Waals surface area contributed by atoms with E-state index in [-0.39, 0.29) is 11.6 Å². The minimum absolute atomic E-state index is 0.248. The number of benzene rings is 1. The molecule has 3 heterocycles. The van der Waals surface area contributed by atoms with E-state index in [0.29, 0.717) is 17.4 Å². The zero-order chi connectivity index (χ0) is 19.7. The van der Waals surface area contributed by atoms with Gasteiger partial charge in [0.05, 0.1) is 0 Å². The van der Waals surface area contributed by atoms with E-state index in [4.69, 9.17) is 0 Å². The largest absolute Gasteiger partial charge is 0.347 e. The predicted octanol–water partition coefficient (Wildman–Crippen LogP) is 2.66. The van der Waals surface area contributed by atoms with E-state index in [2.05, 4.69) is 21.9 Å². The van der Waals surface area contributed by atoms with Crippen LogP contribution >= 0.6 is 11.3 Å². The summed E-state index contributed by atoms with van der Waals surface area (Å²) in [5, 5.41) is 5.44. The number of hydrogen-bond acceptors (Lipinski definition) is 6. The molecule has 4 rings (SSSR count). The van der Waals surface area contributed by atoms with Crippen LogP contribution in [0.4, 0.5) is 5.13 Å². The van der Waals surface area contributed by atoms with E-state index in [0.717, 1.165) is 36.6 Å². The number of hydrogen-bond donors (Lipinski definition) is 0. The standard InChI is InChI=1S/C20H23N5O2S/c1-14-8-10-24(11-9-14)20-22-25-16(12-17(26)21-19(25)28-20)18(27)23(2)13-15-6-4-3-5-7-15/h3-7,12,14H,8-11,13H2,1-2H3. The summed E-state index contributed by atoms with van der Waals surface area (Å²) in [5.41, 5.74) is 0.859. The fraction of sp³-hybridized carbons (Fsp3) is 0.400. The van der Waals surface area contributed by atoms with Crippen LogP contribution in [0.1, 0.15) is 35.8 Å². The van der Waals surface area contributed by atoms with E-state index in [1.807, 2.05) is 30.3 Å². The van der Waals surface area contributed by atoms with Crippen LogP contribution in [0.2, 0.25) is 0 Å². The van der Waals surface area contributed by atoms with Crippen LogP contribution in [0, 0.1) is 5.92 Å². The van der Waals surface area contributed by atoms with Crippen molar-refractivity contribution in [2.75, 3.05) is 25.0 Å². The number of anilines is 1. The van der Waals surface area contributed by atoms with Gasteiger partial charge in [-0.05, 0) is 24.3 Å². The molecule has 1 aliphatic rings. The van der Waals surface area contributed by atoms with Crippen LogP contribution in [-0.2, 0) is 6.54 Å². The van der Waals surface area contributed by atoms with Gasteiger partial charge >= 0.3 is 0 Å². The molecule has 0 radical (unpaired) electrons. The molecule has 8 heteroatoms. The lowest BCUT2D eigenvalue weighted by Crippen LogP contribution is -2.33. The summed E-state index contributed by atoms with van der Waals surface area (Å²) in [6, 6.07) is 11.0. The van der Waals surface area contributed by atoms with Gasteiger partial charge in [-0.1, -0.05) is 48.6 Å². The average molecular weight is 398 g/mol. The molecule has 1 fully saturated rings. The lowest BCUT2D eigenvalue weighted by molar-refractivity contribution is 0.0776. The van der Waals surface area contributed by atoms with Crippen molar-refractivity contribution in [1.29, 1.82) is 0 Å². The van der Waals surface area contributed by atoms with Gasteiger partial charge in [0, 0.05) is 32.7 Å². The Morgan fingerprint density at radius 3 is 2.68 bits per heavy atom. The molecule has 0 spiro atoms. The molecule has 1 amide bonds. The van der Waals surface area contributed by atoms with E-state index in [9.17, 15) is 9.59 Å². The highest BCUT2D eigenvalue weighted by Gasteiger charge is 2.23. The van der Waals surface area contributed by atoms with Gasteiger partial charge in [-0.2, -0.15) is 9.50 Å². The molecular weight excluding hydrogens is 374 g/mol. The maximum atomic E-state index is 13.0. The number of carbonyl (C=O) groups excluding carboxylic acids is 1. The molecule has 1 aromatic carbocycles. The highest BCUT2D eigenvalue weighted by molar-refractivity contribution is 7.20. The lowest BCUT2D eigenvalue weighted by Gasteiger charge is -2.29. The van der Waals surface area contributed by atoms with Gasteiger partial charge in [0.15, 0.2) is 0 Å². The van der Waals surface area contributed by atoms with Crippen LogP contribution in [0.3, 0.4) is 0 Å². The van der Waals surface area contributed by atoms with Crippen molar-refractivity contribution >= 4 is 27.3 Å². The number of carbonyl (C=O) groups is 1. The molecule has 7 nitrogen and oxygen atoms in total. The Morgan fingerprint density at radius 1 is 1.25 bits per heavy atom. The van der Waals surface area contributed by atoms with Crippen LogP contribution in [0.5, 0.6) is 0 Å². The number of amides is 1. The summed E-state index contributed by atoms with van der Waals surface area (Å²) < 4.78 is 1.52. The van der Waals surface area contributed by atoms with Gasteiger partial charge in [0.25, 0.3) is 11.5 Å². The highest BCUT2D eigenvalue weighted by atomic mass is 32.1. The molecule has 1 saturated heterocycles. The zero-order valence-electron chi connectivity index (χ0n) is 16.0. The summed E-state index contributed by atoms with van der Waals surface area (Å²) in [5.74, 6) is 0.468. The second-order valence-corrected chi connectivity index (χ2v) is 8.31.